The average molecular weight is 579 g/mol. The molecular weight excluding hydrogens is 560 g/mol. The molecular formula is C27H19BrN2O4S2. The third-order valence-corrected chi connectivity index (χ3v) is 9.33. The Morgan fingerprint density at radius 3 is 2.39 bits per heavy atom. The fourth-order valence-electron chi connectivity index (χ4n) is 4.80. The Morgan fingerprint density at radius 1 is 0.889 bits per heavy atom. The van der Waals surface area contributed by atoms with Crippen LogP contribution in [0.25, 0.3) is 0 Å². The van der Waals surface area contributed by atoms with E-state index >= 15 is 0 Å². The van der Waals surface area contributed by atoms with Crippen LogP contribution in [-0.2, 0) is 16.2 Å². The number of anilines is 1. The van der Waals surface area contributed by atoms with Crippen molar-refractivity contribution < 1.29 is 14.3 Å². The summed E-state index contributed by atoms with van der Waals surface area (Å²) in [7, 11) is 0. The maximum atomic E-state index is 13.9. The zero-order valence-electron chi connectivity index (χ0n) is 18.7. The molecule has 1 fully saturated rings. The van der Waals surface area contributed by atoms with Gasteiger partial charge in [-0.1, -0.05) is 87.6 Å². The van der Waals surface area contributed by atoms with Gasteiger partial charge in [-0.25, -0.2) is 4.90 Å². The smallest absolute Gasteiger partial charge is 0.305 e. The number of aromatic nitrogens is 1. The van der Waals surface area contributed by atoms with Crippen molar-refractivity contribution >= 4 is 56.5 Å². The highest BCUT2D eigenvalue weighted by molar-refractivity contribution is 9.10. The summed E-state index contributed by atoms with van der Waals surface area (Å²) in [5.74, 6) is -1.06. The molecule has 1 N–H and O–H groups in total. The molecule has 3 heterocycles. The summed E-state index contributed by atoms with van der Waals surface area (Å²) in [4.78, 5) is 44.5. The van der Waals surface area contributed by atoms with Gasteiger partial charge in [-0.15, -0.1) is 0 Å². The molecule has 0 radical (unpaired) electrons. The van der Waals surface area contributed by atoms with Crippen LogP contribution in [0.2, 0.25) is 0 Å². The van der Waals surface area contributed by atoms with Crippen LogP contribution in [0.4, 0.5) is 5.69 Å². The summed E-state index contributed by atoms with van der Waals surface area (Å²) in [6.45, 7) is 0.363. The maximum Gasteiger partial charge on any atom is 0.305 e. The Morgan fingerprint density at radius 2 is 1.61 bits per heavy atom. The molecule has 0 aliphatic carbocycles. The normalized spacial score (nSPS) is 20.8. The van der Waals surface area contributed by atoms with Gasteiger partial charge in [-0.2, -0.15) is 0 Å². The van der Waals surface area contributed by atoms with E-state index in [4.69, 9.17) is 4.74 Å². The van der Waals surface area contributed by atoms with Crippen molar-refractivity contribution in [3.8, 4) is 5.75 Å². The number of amides is 2. The predicted molar refractivity (Wildman–Crippen MR) is 144 cm³/mol. The quantitative estimate of drug-likeness (QED) is 0.313. The molecule has 2 aliphatic heterocycles. The number of H-pyrrole nitrogens is 1. The number of benzene rings is 3. The Labute approximate surface area is 223 Å². The van der Waals surface area contributed by atoms with Crippen molar-refractivity contribution in [1.29, 1.82) is 0 Å². The van der Waals surface area contributed by atoms with Crippen LogP contribution in [0.1, 0.15) is 21.9 Å². The van der Waals surface area contributed by atoms with Crippen molar-refractivity contribution in [2.75, 3.05) is 4.90 Å². The summed E-state index contributed by atoms with van der Waals surface area (Å²) < 4.78 is 7.09. The van der Waals surface area contributed by atoms with Gasteiger partial charge in [-0.05, 0) is 35.9 Å². The summed E-state index contributed by atoms with van der Waals surface area (Å²) in [5.41, 5.74) is 2.34. The van der Waals surface area contributed by atoms with Crippen LogP contribution in [-0.4, -0.2) is 22.0 Å². The first-order valence-corrected chi connectivity index (χ1v) is 13.8. The highest BCUT2D eigenvalue weighted by atomic mass is 79.9. The van der Waals surface area contributed by atoms with Gasteiger partial charge in [-0.3, -0.25) is 14.4 Å². The second kappa shape index (κ2) is 9.38. The minimum absolute atomic E-state index is 0.204. The largest absolute Gasteiger partial charge is 0.489 e. The van der Waals surface area contributed by atoms with Crippen molar-refractivity contribution in [2.45, 2.75) is 22.8 Å². The molecule has 3 unspecified atom stereocenters. The molecule has 3 atom stereocenters. The van der Waals surface area contributed by atoms with E-state index in [1.54, 1.807) is 12.1 Å². The van der Waals surface area contributed by atoms with E-state index in [1.807, 2.05) is 66.7 Å². The van der Waals surface area contributed by atoms with Crippen molar-refractivity contribution in [3.05, 3.63) is 109 Å². The average Bonchev–Trinajstić information content (AvgIpc) is 3.38. The number of fused-ring (bicyclic) bond motifs is 2. The zero-order chi connectivity index (χ0) is 24.8. The Kier molecular flexibility index (Phi) is 6.07. The molecule has 6 nitrogen and oxygen atoms in total. The fraction of sp³-hybridized carbons (Fsp3) is 0.148. The molecule has 0 bridgehead atoms. The van der Waals surface area contributed by atoms with Crippen molar-refractivity contribution in [1.82, 2.24) is 4.98 Å². The van der Waals surface area contributed by atoms with Gasteiger partial charge in [0.25, 0.3) is 0 Å². The minimum Gasteiger partial charge on any atom is -0.489 e. The van der Waals surface area contributed by atoms with Crippen molar-refractivity contribution in [2.24, 2.45) is 5.92 Å². The molecule has 6 rings (SSSR count). The second-order valence-corrected chi connectivity index (χ2v) is 11.6. The monoisotopic (exact) mass is 578 g/mol. The van der Waals surface area contributed by atoms with E-state index in [2.05, 4.69) is 20.9 Å². The predicted octanol–water partition coefficient (Wildman–Crippen LogP) is 5.57. The highest BCUT2D eigenvalue weighted by Crippen LogP contribution is 2.54. The SMILES string of the molecule is O=C1C2Sc3[nH]c(=O)sc3C(c3ccccc3OCc3ccccc3)C2C(=O)N1c1ccc(Br)cc1. The van der Waals surface area contributed by atoms with Crippen LogP contribution in [0, 0.1) is 5.92 Å². The first-order valence-electron chi connectivity index (χ1n) is 11.3. The van der Waals surface area contributed by atoms with Crippen LogP contribution in [0.5, 0.6) is 5.75 Å². The van der Waals surface area contributed by atoms with E-state index in [0.29, 0.717) is 23.1 Å². The van der Waals surface area contributed by atoms with Gasteiger partial charge >= 0.3 is 4.87 Å². The number of halogens is 1. The maximum absolute atomic E-state index is 13.9. The van der Waals surface area contributed by atoms with Crippen LogP contribution >= 0.6 is 39.0 Å². The Bertz CT molecular complexity index is 1520. The number of hydrogen-bond acceptors (Lipinski definition) is 6. The number of ether oxygens (including phenoxy) is 1. The van der Waals surface area contributed by atoms with E-state index in [-0.39, 0.29) is 16.7 Å². The molecule has 180 valence electrons. The van der Waals surface area contributed by atoms with Crippen molar-refractivity contribution in [3.63, 3.8) is 0 Å². The number of nitrogens with one attached hydrogen (secondary N) is 1. The molecule has 1 aromatic heterocycles. The number of aromatic amines is 1. The van der Waals surface area contributed by atoms with Crippen LogP contribution < -0.4 is 14.5 Å². The number of hydrogen-bond donors (Lipinski definition) is 1. The fourth-order valence-corrected chi connectivity index (χ4v) is 7.57. The summed E-state index contributed by atoms with van der Waals surface area (Å²) in [5, 5.41) is -0.000931. The lowest BCUT2D eigenvalue weighted by atomic mass is 9.82. The number of rotatable bonds is 5. The van der Waals surface area contributed by atoms with E-state index in [9.17, 15) is 14.4 Å². The Hall–Kier alpha value is -3.14. The van der Waals surface area contributed by atoms with E-state index in [1.165, 1.54) is 16.7 Å². The lowest BCUT2D eigenvalue weighted by Gasteiger charge is -2.30. The first kappa shape index (κ1) is 23.3. The minimum atomic E-state index is -0.661. The molecule has 3 aromatic carbocycles. The van der Waals surface area contributed by atoms with Gasteiger partial charge in [0, 0.05) is 20.8 Å². The van der Waals surface area contributed by atoms with E-state index < -0.39 is 17.1 Å². The topological polar surface area (TPSA) is 79.5 Å². The number of thiazole rings is 1. The number of carbonyl (C=O) groups is 2. The van der Waals surface area contributed by atoms with Gasteiger partial charge in [0.15, 0.2) is 0 Å². The second-order valence-electron chi connectivity index (χ2n) is 8.55. The molecule has 2 aliphatic rings. The molecule has 0 saturated carbocycles. The number of nitrogens with zero attached hydrogens (tertiary/aromatic N) is 1. The third kappa shape index (κ3) is 4.01. The van der Waals surface area contributed by atoms with Gasteiger partial charge in [0.05, 0.1) is 16.6 Å². The lowest BCUT2D eigenvalue weighted by molar-refractivity contribution is -0.122. The highest BCUT2D eigenvalue weighted by Gasteiger charge is 2.56. The summed E-state index contributed by atoms with van der Waals surface area (Å²) >= 11 is 5.77. The Balaban J connectivity index is 1.43. The van der Waals surface area contributed by atoms with Gasteiger partial charge < -0.3 is 9.72 Å². The molecule has 36 heavy (non-hydrogen) atoms. The number of imide groups is 1. The third-order valence-electron chi connectivity index (χ3n) is 6.40. The first-order chi connectivity index (χ1) is 17.5. The van der Waals surface area contributed by atoms with Crippen LogP contribution in [0.3, 0.4) is 0 Å². The van der Waals surface area contributed by atoms with Gasteiger partial charge in [0.2, 0.25) is 11.8 Å². The number of carbonyl (C=O) groups excluding carboxylic acids is 2. The number of thioether (sulfide) groups is 1. The number of para-hydroxylation sites is 1. The molecule has 4 aromatic rings. The van der Waals surface area contributed by atoms with Gasteiger partial charge in [0.1, 0.15) is 17.6 Å². The van der Waals surface area contributed by atoms with E-state index in [0.717, 1.165) is 31.8 Å². The molecule has 9 heteroatoms. The standard InChI is InChI=1S/C27H19BrN2O4S2/c28-16-10-12-17(13-11-16)30-25(31)21-20(22-24(29-27(33)36-22)35-23(21)26(30)32)18-8-4-5-9-19(18)34-14-15-6-2-1-3-7-15/h1-13,20-21,23H,14H2,(H,29,33). The lowest BCUT2D eigenvalue weighted by Crippen LogP contribution is -2.32. The molecule has 1 saturated heterocycles. The summed E-state index contributed by atoms with van der Waals surface area (Å²) in [6, 6.07) is 24.5. The molecule has 2 amide bonds. The van der Waals surface area contributed by atoms with Crippen LogP contribution in [0.15, 0.2) is 93.2 Å². The summed E-state index contributed by atoms with van der Waals surface area (Å²) in [6.07, 6.45) is 0. The molecule has 0 spiro atoms. The zero-order valence-corrected chi connectivity index (χ0v) is 21.9.